The smallest absolute Gasteiger partial charge is 0.399 e. The van der Waals surface area contributed by atoms with Crippen LogP contribution in [0.2, 0.25) is 0 Å². The number of alkyl halides is 5. The molecule has 0 aromatic heterocycles. The van der Waals surface area contributed by atoms with E-state index in [0.29, 0.717) is 6.07 Å². The summed E-state index contributed by atoms with van der Waals surface area (Å²) in [6, 6.07) is 2.36. The molecule has 0 bridgehead atoms. The predicted molar refractivity (Wildman–Crippen MR) is 45.2 cm³/mol. The molecule has 0 unspecified atom stereocenters. The summed E-state index contributed by atoms with van der Waals surface area (Å²) < 4.78 is 61.5. The molecule has 4 N–H and O–H groups in total. The van der Waals surface area contributed by atoms with Crippen molar-refractivity contribution < 1.29 is 22.0 Å². The fraction of sp³-hybridized carbons (Fsp3) is 0.250. The Labute approximate surface area is 81.7 Å². The van der Waals surface area contributed by atoms with Gasteiger partial charge in [0.15, 0.2) is 0 Å². The van der Waals surface area contributed by atoms with Gasteiger partial charge in [0.05, 0.1) is 5.56 Å². The Morgan fingerprint density at radius 3 is 1.87 bits per heavy atom. The molecular weight excluding hydrogens is 219 g/mol. The fourth-order valence-electron chi connectivity index (χ4n) is 1.02. The summed E-state index contributed by atoms with van der Waals surface area (Å²) in [6.07, 6.45) is -5.67. The summed E-state index contributed by atoms with van der Waals surface area (Å²) in [7, 11) is 0. The number of nitrogens with two attached hydrogens (primary N) is 2. The second-order valence-corrected chi connectivity index (χ2v) is 2.92. The van der Waals surface area contributed by atoms with Crippen LogP contribution in [-0.4, -0.2) is 6.18 Å². The van der Waals surface area contributed by atoms with E-state index in [0.717, 1.165) is 12.1 Å². The molecule has 2 nitrogen and oxygen atoms in total. The number of hydrogen-bond donors (Lipinski definition) is 2. The van der Waals surface area contributed by atoms with Crippen LogP contribution in [0.4, 0.5) is 33.3 Å². The normalized spacial score (nSPS) is 12.9. The largest absolute Gasteiger partial charge is 0.458 e. The minimum absolute atomic E-state index is 0.0224. The third kappa shape index (κ3) is 1.95. The first-order valence-electron chi connectivity index (χ1n) is 3.76. The third-order valence-electron chi connectivity index (χ3n) is 1.77. The van der Waals surface area contributed by atoms with Crippen LogP contribution < -0.4 is 11.5 Å². The van der Waals surface area contributed by atoms with Crippen LogP contribution in [0.15, 0.2) is 18.2 Å². The maximum absolute atomic E-state index is 12.8. The molecule has 1 rings (SSSR count). The predicted octanol–water partition coefficient (Wildman–Crippen LogP) is 2.51. The second kappa shape index (κ2) is 3.25. The van der Waals surface area contributed by atoms with Crippen molar-refractivity contribution in [3.05, 3.63) is 23.8 Å². The van der Waals surface area contributed by atoms with Crippen LogP contribution >= 0.6 is 0 Å². The summed E-state index contributed by atoms with van der Waals surface area (Å²) in [5.74, 6) is -4.97. The van der Waals surface area contributed by atoms with Crippen molar-refractivity contribution >= 4 is 11.4 Å². The van der Waals surface area contributed by atoms with Crippen molar-refractivity contribution in [1.29, 1.82) is 0 Å². The molecule has 0 saturated heterocycles. The maximum Gasteiger partial charge on any atom is 0.458 e. The lowest BCUT2D eigenvalue weighted by Crippen LogP contribution is -2.34. The van der Waals surface area contributed by atoms with Gasteiger partial charge in [-0.3, -0.25) is 0 Å². The van der Waals surface area contributed by atoms with E-state index in [-0.39, 0.29) is 5.69 Å². The number of benzene rings is 1. The molecule has 0 saturated carbocycles. The van der Waals surface area contributed by atoms with Gasteiger partial charge in [-0.05, 0) is 18.2 Å². The Morgan fingerprint density at radius 1 is 0.933 bits per heavy atom. The molecule has 0 heterocycles. The Bertz CT molecular complexity index is 372. The van der Waals surface area contributed by atoms with Crippen molar-refractivity contribution in [2.45, 2.75) is 12.1 Å². The maximum atomic E-state index is 12.8. The standard InChI is InChI=1S/C8H7F5N2/c9-7(10,8(11,12)13)5-2-1-4(14)3-6(5)15/h1-3H,14-15H2. The zero-order valence-electron chi connectivity index (χ0n) is 7.28. The minimum Gasteiger partial charge on any atom is -0.399 e. The molecule has 84 valence electrons. The lowest BCUT2D eigenvalue weighted by Gasteiger charge is -2.21. The van der Waals surface area contributed by atoms with Gasteiger partial charge in [0.25, 0.3) is 0 Å². The average Bonchev–Trinajstić information content (AvgIpc) is 2.00. The van der Waals surface area contributed by atoms with Gasteiger partial charge < -0.3 is 11.5 Å². The molecule has 0 radical (unpaired) electrons. The highest BCUT2D eigenvalue weighted by Gasteiger charge is 2.59. The van der Waals surface area contributed by atoms with Crippen LogP contribution in [0, 0.1) is 0 Å². The number of hydrogen-bond acceptors (Lipinski definition) is 2. The summed E-state index contributed by atoms with van der Waals surface area (Å²) >= 11 is 0. The molecule has 0 aliphatic rings. The average molecular weight is 226 g/mol. The molecule has 0 aliphatic heterocycles. The number of halogens is 5. The summed E-state index contributed by atoms with van der Waals surface area (Å²) in [5.41, 5.74) is 8.27. The molecular formula is C8H7F5N2. The molecule has 7 heteroatoms. The topological polar surface area (TPSA) is 52.0 Å². The van der Waals surface area contributed by atoms with Gasteiger partial charge in [-0.25, -0.2) is 0 Å². The van der Waals surface area contributed by atoms with Gasteiger partial charge in [-0.1, -0.05) is 0 Å². The Hall–Kier alpha value is -1.53. The monoisotopic (exact) mass is 226 g/mol. The van der Waals surface area contributed by atoms with Crippen molar-refractivity contribution in [1.82, 2.24) is 0 Å². The summed E-state index contributed by atoms with van der Waals surface area (Å²) in [4.78, 5) is 0. The highest BCUT2D eigenvalue weighted by Crippen LogP contribution is 2.45. The lowest BCUT2D eigenvalue weighted by molar-refractivity contribution is -0.289. The quantitative estimate of drug-likeness (QED) is 0.571. The van der Waals surface area contributed by atoms with Crippen LogP contribution in [0.3, 0.4) is 0 Å². The van der Waals surface area contributed by atoms with E-state index in [1.165, 1.54) is 0 Å². The molecule has 0 spiro atoms. The Kier molecular flexibility index (Phi) is 2.50. The van der Waals surface area contributed by atoms with Crippen LogP contribution in [-0.2, 0) is 5.92 Å². The third-order valence-corrected chi connectivity index (χ3v) is 1.77. The first-order valence-corrected chi connectivity index (χ1v) is 3.76. The van der Waals surface area contributed by atoms with Gasteiger partial charge in [0.1, 0.15) is 0 Å². The molecule has 0 aliphatic carbocycles. The van der Waals surface area contributed by atoms with Crippen LogP contribution in [0.25, 0.3) is 0 Å². The number of rotatable bonds is 1. The van der Waals surface area contributed by atoms with Crippen LogP contribution in [0.5, 0.6) is 0 Å². The first kappa shape index (κ1) is 11.5. The van der Waals surface area contributed by atoms with E-state index >= 15 is 0 Å². The Balaban J connectivity index is 3.28. The molecule has 1 aromatic rings. The zero-order chi connectivity index (χ0) is 11.9. The van der Waals surface area contributed by atoms with Crippen molar-refractivity contribution in [2.24, 2.45) is 0 Å². The molecule has 0 atom stereocenters. The van der Waals surface area contributed by atoms with E-state index in [1.54, 1.807) is 0 Å². The van der Waals surface area contributed by atoms with E-state index in [9.17, 15) is 22.0 Å². The molecule has 15 heavy (non-hydrogen) atoms. The van der Waals surface area contributed by atoms with Gasteiger partial charge >= 0.3 is 12.1 Å². The van der Waals surface area contributed by atoms with E-state index < -0.39 is 23.3 Å². The van der Waals surface area contributed by atoms with Gasteiger partial charge in [0, 0.05) is 11.4 Å². The van der Waals surface area contributed by atoms with Crippen molar-refractivity contribution in [2.75, 3.05) is 11.5 Å². The molecule has 0 amide bonds. The van der Waals surface area contributed by atoms with Crippen LogP contribution in [0.1, 0.15) is 5.56 Å². The minimum atomic E-state index is -5.67. The second-order valence-electron chi connectivity index (χ2n) is 2.92. The van der Waals surface area contributed by atoms with E-state index in [1.807, 2.05) is 0 Å². The summed E-state index contributed by atoms with van der Waals surface area (Å²) in [6.45, 7) is 0. The summed E-state index contributed by atoms with van der Waals surface area (Å²) in [5, 5.41) is 0. The highest BCUT2D eigenvalue weighted by atomic mass is 19.4. The van der Waals surface area contributed by atoms with E-state index in [4.69, 9.17) is 11.5 Å². The molecule has 1 aromatic carbocycles. The number of nitrogen functional groups attached to an aromatic ring is 2. The van der Waals surface area contributed by atoms with Crippen molar-refractivity contribution in [3.63, 3.8) is 0 Å². The lowest BCUT2D eigenvalue weighted by atomic mass is 10.1. The van der Waals surface area contributed by atoms with Crippen molar-refractivity contribution in [3.8, 4) is 0 Å². The zero-order valence-corrected chi connectivity index (χ0v) is 7.28. The first-order chi connectivity index (χ1) is 6.66. The van der Waals surface area contributed by atoms with Gasteiger partial charge in [0.2, 0.25) is 0 Å². The fourth-order valence-corrected chi connectivity index (χ4v) is 1.02. The Morgan fingerprint density at radius 2 is 1.47 bits per heavy atom. The highest BCUT2D eigenvalue weighted by molar-refractivity contribution is 5.58. The number of anilines is 2. The van der Waals surface area contributed by atoms with E-state index in [2.05, 4.69) is 0 Å². The SMILES string of the molecule is Nc1ccc(C(F)(F)C(F)(F)F)c(N)c1. The molecule has 0 fully saturated rings. The van der Waals surface area contributed by atoms with Gasteiger partial charge in [-0.15, -0.1) is 0 Å². The van der Waals surface area contributed by atoms with Gasteiger partial charge in [-0.2, -0.15) is 22.0 Å².